The second-order valence-electron chi connectivity index (χ2n) is 6.55. The largest absolute Gasteiger partial charge is 0.330 e. The van der Waals surface area contributed by atoms with Crippen molar-refractivity contribution in [3.63, 3.8) is 0 Å². The van der Waals surface area contributed by atoms with Crippen LogP contribution in [0.2, 0.25) is 0 Å². The second kappa shape index (κ2) is 5.43. The van der Waals surface area contributed by atoms with Crippen LogP contribution in [-0.4, -0.2) is 16.3 Å². The van der Waals surface area contributed by atoms with Crippen LogP contribution >= 0.6 is 0 Å². The summed E-state index contributed by atoms with van der Waals surface area (Å²) in [5.74, 6) is 1.24. The number of aromatic nitrogens is 2. The Balaban J connectivity index is 2.16. The predicted molar refractivity (Wildman–Crippen MR) is 75.4 cm³/mol. The van der Waals surface area contributed by atoms with E-state index in [2.05, 4.69) is 42.9 Å². The third-order valence-corrected chi connectivity index (χ3v) is 4.37. The lowest BCUT2D eigenvalue weighted by atomic mass is 9.65. The van der Waals surface area contributed by atoms with Gasteiger partial charge in [0.25, 0.3) is 0 Å². The lowest BCUT2D eigenvalue weighted by Gasteiger charge is -2.40. The first-order chi connectivity index (χ1) is 8.55. The molecule has 1 fully saturated rings. The van der Waals surface area contributed by atoms with Crippen molar-refractivity contribution < 1.29 is 0 Å². The molecule has 0 saturated heterocycles. The van der Waals surface area contributed by atoms with Crippen LogP contribution in [0.3, 0.4) is 0 Å². The minimum Gasteiger partial charge on any atom is -0.330 e. The molecule has 102 valence electrons. The molecule has 0 bridgehead atoms. The monoisotopic (exact) mass is 249 g/mol. The highest BCUT2D eigenvalue weighted by molar-refractivity contribution is 5.15. The first-order valence-electron chi connectivity index (χ1n) is 7.28. The summed E-state index contributed by atoms with van der Waals surface area (Å²) >= 11 is 0. The van der Waals surface area contributed by atoms with Crippen LogP contribution in [0.4, 0.5) is 0 Å². The summed E-state index contributed by atoms with van der Waals surface area (Å²) < 4.78 is 2.07. The normalized spacial score (nSPS) is 27.3. The van der Waals surface area contributed by atoms with E-state index in [4.69, 9.17) is 5.73 Å². The maximum absolute atomic E-state index is 5.96. The molecule has 1 aromatic rings. The second-order valence-corrected chi connectivity index (χ2v) is 6.55. The van der Waals surface area contributed by atoms with Gasteiger partial charge in [0.05, 0.1) is 6.20 Å². The van der Waals surface area contributed by atoms with Crippen molar-refractivity contribution in [2.24, 2.45) is 17.1 Å². The summed E-state index contributed by atoms with van der Waals surface area (Å²) in [7, 11) is 0. The molecule has 1 aliphatic rings. The Morgan fingerprint density at radius 3 is 2.94 bits per heavy atom. The highest BCUT2D eigenvalue weighted by Crippen LogP contribution is 2.46. The standard InChI is InChI=1S/C15H27N3/c1-4-7-18-11-13(10-17-18)14-8-15(2,3)6-5-12(14)9-16/h10-12,14H,4-9,16H2,1-3H3. The number of aryl methyl sites for hydroxylation is 1. The molecule has 1 aliphatic carbocycles. The fourth-order valence-electron chi connectivity index (χ4n) is 3.24. The molecule has 0 radical (unpaired) electrons. The Bertz CT molecular complexity index is 381. The SMILES string of the molecule is CCCn1cc(C2CC(C)(C)CCC2CN)cn1. The van der Waals surface area contributed by atoms with Gasteiger partial charge in [0.1, 0.15) is 0 Å². The van der Waals surface area contributed by atoms with Crippen LogP contribution in [0.1, 0.15) is 57.9 Å². The van der Waals surface area contributed by atoms with Crippen LogP contribution in [-0.2, 0) is 6.54 Å². The van der Waals surface area contributed by atoms with Crippen molar-refractivity contribution in [2.45, 2.75) is 58.9 Å². The molecule has 18 heavy (non-hydrogen) atoms. The quantitative estimate of drug-likeness (QED) is 0.890. The Morgan fingerprint density at radius 1 is 1.50 bits per heavy atom. The van der Waals surface area contributed by atoms with Gasteiger partial charge in [-0.15, -0.1) is 0 Å². The fraction of sp³-hybridized carbons (Fsp3) is 0.800. The van der Waals surface area contributed by atoms with Crippen LogP contribution in [0.25, 0.3) is 0 Å². The van der Waals surface area contributed by atoms with Crippen LogP contribution < -0.4 is 5.73 Å². The van der Waals surface area contributed by atoms with Crippen molar-refractivity contribution in [1.29, 1.82) is 0 Å². The number of rotatable bonds is 4. The van der Waals surface area contributed by atoms with Gasteiger partial charge in [-0.2, -0.15) is 5.10 Å². The Morgan fingerprint density at radius 2 is 2.28 bits per heavy atom. The summed E-state index contributed by atoms with van der Waals surface area (Å²) in [4.78, 5) is 0. The van der Waals surface area contributed by atoms with E-state index in [1.165, 1.54) is 24.8 Å². The number of nitrogens with two attached hydrogens (primary N) is 1. The molecule has 2 N–H and O–H groups in total. The van der Waals surface area contributed by atoms with Crippen molar-refractivity contribution in [3.8, 4) is 0 Å². The van der Waals surface area contributed by atoms with Crippen molar-refractivity contribution in [2.75, 3.05) is 6.54 Å². The van der Waals surface area contributed by atoms with Gasteiger partial charge in [0.2, 0.25) is 0 Å². The molecular formula is C15H27N3. The van der Waals surface area contributed by atoms with E-state index < -0.39 is 0 Å². The Hall–Kier alpha value is -0.830. The Kier molecular flexibility index (Phi) is 4.10. The van der Waals surface area contributed by atoms with Crippen LogP contribution in [0, 0.1) is 11.3 Å². The zero-order chi connectivity index (χ0) is 13.2. The van der Waals surface area contributed by atoms with Gasteiger partial charge in [0, 0.05) is 12.7 Å². The lowest BCUT2D eigenvalue weighted by molar-refractivity contribution is 0.165. The van der Waals surface area contributed by atoms with E-state index >= 15 is 0 Å². The molecule has 2 unspecified atom stereocenters. The molecule has 0 aliphatic heterocycles. The molecule has 0 amide bonds. The molecule has 1 saturated carbocycles. The van der Waals surface area contributed by atoms with Gasteiger partial charge in [-0.05, 0) is 55.0 Å². The summed E-state index contributed by atoms with van der Waals surface area (Å²) in [6.45, 7) is 8.77. The summed E-state index contributed by atoms with van der Waals surface area (Å²) in [6.07, 6.45) is 9.23. The molecular weight excluding hydrogens is 222 g/mol. The van der Waals surface area contributed by atoms with Crippen LogP contribution in [0.15, 0.2) is 12.4 Å². The number of hydrogen-bond acceptors (Lipinski definition) is 2. The lowest BCUT2D eigenvalue weighted by Crippen LogP contribution is -2.32. The summed E-state index contributed by atoms with van der Waals surface area (Å²) in [6, 6.07) is 0. The minimum absolute atomic E-state index is 0.448. The van der Waals surface area contributed by atoms with Crippen LogP contribution in [0.5, 0.6) is 0 Å². The first kappa shape index (κ1) is 13.6. The number of hydrogen-bond donors (Lipinski definition) is 1. The Labute approximate surface area is 111 Å². The van der Waals surface area contributed by atoms with E-state index in [9.17, 15) is 0 Å². The molecule has 0 spiro atoms. The smallest absolute Gasteiger partial charge is 0.0524 e. The third-order valence-electron chi connectivity index (χ3n) is 4.37. The van der Waals surface area contributed by atoms with Gasteiger partial charge in [-0.3, -0.25) is 4.68 Å². The van der Waals surface area contributed by atoms with Gasteiger partial charge in [-0.25, -0.2) is 0 Å². The molecule has 1 aromatic heterocycles. The maximum atomic E-state index is 5.96. The topological polar surface area (TPSA) is 43.8 Å². The molecule has 2 atom stereocenters. The zero-order valence-electron chi connectivity index (χ0n) is 12.0. The van der Waals surface area contributed by atoms with Gasteiger partial charge >= 0.3 is 0 Å². The number of nitrogens with zero attached hydrogens (tertiary/aromatic N) is 2. The van der Waals surface area contributed by atoms with Crippen molar-refractivity contribution in [3.05, 3.63) is 18.0 Å². The average Bonchev–Trinajstić information content (AvgIpc) is 2.77. The van der Waals surface area contributed by atoms with E-state index in [-0.39, 0.29) is 0 Å². The van der Waals surface area contributed by atoms with Crippen molar-refractivity contribution in [1.82, 2.24) is 9.78 Å². The highest BCUT2D eigenvalue weighted by Gasteiger charge is 2.35. The average molecular weight is 249 g/mol. The van der Waals surface area contributed by atoms with Crippen molar-refractivity contribution >= 4 is 0 Å². The highest BCUT2D eigenvalue weighted by atomic mass is 15.3. The first-order valence-corrected chi connectivity index (χ1v) is 7.28. The van der Waals surface area contributed by atoms with E-state index in [1.54, 1.807) is 0 Å². The zero-order valence-corrected chi connectivity index (χ0v) is 12.0. The molecule has 0 aromatic carbocycles. The molecule has 2 rings (SSSR count). The summed E-state index contributed by atoms with van der Waals surface area (Å²) in [5.41, 5.74) is 7.80. The maximum Gasteiger partial charge on any atom is 0.0524 e. The van der Waals surface area contributed by atoms with E-state index in [0.717, 1.165) is 19.5 Å². The molecule has 1 heterocycles. The minimum atomic E-state index is 0.448. The van der Waals surface area contributed by atoms with E-state index in [0.29, 0.717) is 17.3 Å². The van der Waals surface area contributed by atoms with E-state index in [1.807, 2.05) is 0 Å². The summed E-state index contributed by atoms with van der Waals surface area (Å²) in [5, 5.41) is 4.47. The predicted octanol–water partition coefficient (Wildman–Crippen LogP) is 3.16. The molecule has 3 nitrogen and oxygen atoms in total. The third kappa shape index (κ3) is 2.94. The fourth-order valence-corrected chi connectivity index (χ4v) is 3.24. The van der Waals surface area contributed by atoms with Gasteiger partial charge in [0.15, 0.2) is 0 Å². The van der Waals surface area contributed by atoms with Gasteiger partial charge in [-0.1, -0.05) is 20.8 Å². The van der Waals surface area contributed by atoms with Gasteiger partial charge < -0.3 is 5.73 Å². The molecule has 3 heteroatoms.